The van der Waals surface area contributed by atoms with E-state index in [1.54, 1.807) is 6.92 Å². The molecule has 0 aliphatic carbocycles. The first-order valence-corrected chi connectivity index (χ1v) is 9.04. The van der Waals surface area contributed by atoms with Gasteiger partial charge in [0.05, 0.1) is 29.1 Å². The number of hydrogen-bond acceptors (Lipinski definition) is 5. The van der Waals surface area contributed by atoms with Crippen molar-refractivity contribution in [1.82, 2.24) is 9.55 Å². The number of carbonyl (C=O) groups excluding carboxylic acids is 1. The molecule has 0 radical (unpaired) electrons. The molecule has 0 unspecified atom stereocenters. The molecule has 0 fully saturated rings. The van der Waals surface area contributed by atoms with Crippen molar-refractivity contribution < 1.29 is 9.53 Å². The standard InChI is InChI=1S/C19H19N3O2S/c1-3-24-18(23)13-25-19(21-15-9-5-4-6-10-15)22-14(2)20-16-11-7-8-12-17(16)22/h4-12H,3,13H2,1-2H3. The minimum Gasteiger partial charge on any atom is -0.465 e. The summed E-state index contributed by atoms with van der Waals surface area (Å²) < 4.78 is 7.02. The average Bonchev–Trinajstić information content (AvgIpc) is 2.95. The number of ether oxygens (including phenoxy) is 1. The highest BCUT2D eigenvalue weighted by Gasteiger charge is 2.15. The number of fused-ring (bicyclic) bond motifs is 1. The maximum atomic E-state index is 11.8. The van der Waals surface area contributed by atoms with Crippen LogP contribution in [0, 0.1) is 6.92 Å². The molecular weight excluding hydrogens is 334 g/mol. The van der Waals surface area contributed by atoms with Crippen molar-refractivity contribution in [2.24, 2.45) is 4.99 Å². The van der Waals surface area contributed by atoms with E-state index in [4.69, 9.17) is 9.73 Å². The summed E-state index contributed by atoms with van der Waals surface area (Å²) in [6.07, 6.45) is 0. The van der Waals surface area contributed by atoms with E-state index in [-0.39, 0.29) is 11.7 Å². The molecule has 0 aliphatic heterocycles. The Hall–Kier alpha value is -2.60. The van der Waals surface area contributed by atoms with Crippen molar-refractivity contribution in [3.05, 3.63) is 60.4 Å². The average molecular weight is 353 g/mol. The Bertz CT molecular complexity index is 903. The van der Waals surface area contributed by atoms with Crippen LogP contribution in [0.4, 0.5) is 5.69 Å². The maximum Gasteiger partial charge on any atom is 0.316 e. The number of imidazole rings is 1. The summed E-state index contributed by atoms with van der Waals surface area (Å²) in [5.41, 5.74) is 2.69. The van der Waals surface area contributed by atoms with Gasteiger partial charge in [-0.1, -0.05) is 42.1 Å². The van der Waals surface area contributed by atoms with Gasteiger partial charge < -0.3 is 4.74 Å². The topological polar surface area (TPSA) is 56.5 Å². The van der Waals surface area contributed by atoms with Gasteiger partial charge in [0.1, 0.15) is 5.82 Å². The molecule has 0 bridgehead atoms. The van der Waals surface area contributed by atoms with Crippen LogP contribution in [0.2, 0.25) is 0 Å². The van der Waals surface area contributed by atoms with Gasteiger partial charge in [-0.2, -0.15) is 0 Å². The number of esters is 1. The zero-order valence-electron chi connectivity index (χ0n) is 14.2. The number of aryl methyl sites for hydroxylation is 1. The molecule has 6 heteroatoms. The minimum atomic E-state index is -0.254. The van der Waals surface area contributed by atoms with Gasteiger partial charge in [-0.15, -0.1) is 0 Å². The van der Waals surface area contributed by atoms with E-state index in [0.717, 1.165) is 22.5 Å². The molecule has 0 saturated carbocycles. The van der Waals surface area contributed by atoms with Gasteiger partial charge >= 0.3 is 5.97 Å². The van der Waals surface area contributed by atoms with Crippen LogP contribution in [0.3, 0.4) is 0 Å². The van der Waals surface area contributed by atoms with E-state index in [0.29, 0.717) is 11.8 Å². The van der Waals surface area contributed by atoms with Crippen molar-refractivity contribution in [3.8, 4) is 0 Å². The Balaban J connectivity index is 2.02. The van der Waals surface area contributed by atoms with E-state index in [9.17, 15) is 4.79 Å². The van der Waals surface area contributed by atoms with Crippen LogP contribution in [0.25, 0.3) is 11.0 Å². The second kappa shape index (κ2) is 7.98. The molecule has 0 aliphatic rings. The second-order valence-corrected chi connectivity index (χ2v) is 6.25. The Morgan fingerprint density at radius 1 is 1.16 bits per heavy atom. The van der Waals surface area contributed by atoms with Gasteiger partial charge in [0.25, 0.3) is 0 Å². The van der Waals surface area contributed by atoms with E-state index < -0.39 is 0 Å². The van der Waals surface area contributed by atoms with E-state index in [1.807, 2.05) is 66.1 Å². The fraction of sp³-hybridized carbons (Fsp3) is 0.211. The fourth-order valence-electron chi connectivity index (χ4n) is 2.47. The molecule has 0 spiro atoms. The van der Waals surface area contributed by atoms with Crippen LogP contribution in [-0.2, 0) is 9.53 Å². The van der Waals surface area contributed by atoms with Crippen LogP contribution in [0.15, 0.2) is 59.6 Å². The summed E-state index contributed by atoms with van der Waals surface area (Å²) in [5, 5.41) is 0.699. The molecule has 2 aromatic carbocycles. The molecule has 1 aromatic heterocycles. The number of aromatic nitrogens is 2. The number of thioether (sulfide) groups is 1. The summed E-state index contributed by atoms with van der Waals surface area (Å²) >= 11 is 1.35. The van der Waals surface area contributed by atoms with Crippen molar-refractivity contribution >= 4 is 39.6 Å². The summed E-state index contributed by atoms with van der Waals surface area (Å²) in [7, 11) is 0. The molecule has 0 saturated heterocycles. The zero-order chi connectivity index (χ0) is 17.6. The smallest absolute Gasteiger partial charge is 0.316 e. The molecule has 128 valence electrons. The lowest BCUT2D eigenvalue weighted by Gasteiger charge is -2.10. The first kappa shape index (κ1) is 17.2. The largest absolute Gasteiger partial charge is 0.465 e. The Kier molecular flexibility index (Phi) is 5.50. The Morgan fingerprint density at radius 3 is 2.64 bits per heavy atom. The number of carbonyl (C=O) groups is 1. The van der Waals surface area contributed by atoms with Crippen LogP contribution < -0.4 is 0 Å². The monoisotopic (exact) mass is 353 g/mol. The summed E-state index contributed by atoms with van der Waals surface area (Å²) in [5.74, 6) is 0.772. The first-order valence-electron chi connectivity index (χ1n) is 8.05. The number of nitrogens with zero attached hydrogens (tertiary/aromatic N) is 3. The number of rotatable bonds is 4. The third-order valence-electron chi connectivity index (χ3n) is 3.53. The summed E-state index contributed by atoms with van der Waals surface area (Å²) in [6, 6.07) is 17.6. The Morgan fingerprint density at radius 2 is 1.88 bits per heavy atom. The minimum absolute atomic E-state index is 0.200. The molecule has 3 rings (SSSR count). The van der Waals surface area contributed by atoms with Gasteiger partial charge in [0.2, 0.25) is 0 Å². The van der Waals surface area contributed by atoms with Gasteiger partial charge in [-0.05, 0) is 38.1 Å². The van der Waals surface area contributed by atoms with Gasteiger partial charge in [-0.25, -0.2) is 9.98 Å². The van der Waals surface area contributed by atoms with Crippen molar-refractivity contribution in [1.29, 1.82) is 0 Å². The molecular formula is C19H19N3O2S. The van der Waals surface area contributed by atoms with Crippen molar-refractivity contribution in [3.63, 3.8) is 0 Å². The second-order valence-electron chi connectivity index (χ2n) is 5.31. The molecule has 3 aromatic rings. The highest BCUT2D eigenvalue weighted by molar-refractivity contribution is 8.14. The van der Waals surface area contributed by atoms with Crippen LogP contribution in [0.5, 0.6) is 0 Å². The lowest BCUT2D eigenvalue weighted by atomic mass is 10.3. The molecule has 0 N–H and O–H groups in total. The van der Waals surface area contributed by atoms with Crippen molar-refractivity contribution in [2.45, 2.75) is 13.8 Å². The van der Waals surface area contributed by atoms with Crippen LogP contribution >= 0.6 is 11.8 Å². The normalized spacial score (nSPS) is 11.7. The molecule has 0 atom stereocenters. The maximum absolute atomic E-state index is 11.8. The SMILES string of the molecule is CCOC(=O)CSC(=Nc1ccccc1)n1c(C)nc2ccccc21. The van der Waals surface area contributed by atoms with Crippen LogP contribution in [-0.4, -0.2) is 33.0 Å². The van der Waals surface area contributed by atoms with E-state index in [2.05, 4.69) is 4.98 Å². The zero-order valence-corrected chi connectivity index (χ0v) is 15.0. The highest BCUT2D eigenvalue weighted by Crippen LogP contribution is 2.22. The Labute approximate surface area is 150 Å². The lowest BCUT2D eigenvalue weighted by molar-refractivity contribution is -0.139. The van der Waals surface area contributed by atoms with E-state index >= 15 is 0 Å². The highest BCUT2D eigenvalue weighted by atomic mass is 32.2. The molecule has 1 heterocycles. The number of benzene rings is 2. The van der Waals surface area contributed by atoms with Crippen LogP contribution in [0.1, 0.15) is 12.7 Å². The fourth-order valence-corrected chi connectivity index (χ4v) is 3.33. The molecule has 5 nitrogen and oxygen atoms in total. The number of aliphatic imine (C=N–C) groups is 1. The van der Waals surface area contributed by atoms with E-state index in [1.165, 1.54) is 11.8 Å². The first-order chi connectivity index (χ1) is 12.2. The molecule has 0 amide bonds. The van der Waals surface area contributed by atoms with Gasteiger partial charge in [-0.3, -0.25) is 9.36 Å². The quantitative estimate of drug-likeness (QED) is 0.401. The summed E-state index contributed by atoms with van der Waals surface area (Å²) in [6.45, 7) is 4.11. The number of para-hydroxylation sites is 3. The predicted octanol–water partition coefficient (Wildman–Crippen LogP) is 4.18. The lowest BCUT2D eigenvalue weighted by Crippen LogP contribution is -2.14. The summed E-state index contributed by atoms with van der Waals surface area (Å²) in [4.78, 5) is 21.1. The van der Waals surface area contributed by atoms with Gasteiger partial charge in [0.15, 0.2) is 5.17 Å². The molecule has 25 heavy (non-hydrogen) atoms. The third-order valence-corrected chi connectivity index (χ3v) is 4.44. The number of hydrogen-bond donors (Lipinski definition) is 0. The third kappa shape index (κ3) is 4.09. The predicted molar refractivity (Wildman–Crippen MR) is 102 cm³/mol. The van der Waals surface area contributed by atoms with Crippen molar-refractivity contribution in [2.75, 3.05) is 12.4 Å². The van der Waals surface area contributed by atoms with Gasteiger partial charge in [0, 0.05) is 0 Å².